The number of likely N-dealkylation sites (tertiary alicyclic amines) is 1. The third-order valence-corrected chi connectivity index (χ3v) is 7.63. The zero-order valence-corrected chi connectivity index (χ0v) is 20.4. The van der Waals surface area contributed by atoms with Gasteiger partial charge in [0.15, 0.2) is 0 Å². The van der Waals surface area contributed by atoms with Gasteiger partial charge in [0.05, 0.1) is 5.41 Å². The van der Waals surface area contributed by atoms with Crippen molar-refractivity contribution in [2.75, 3.05) is 19.7 Å². The van der Waals surface area contributed by atoms with Gasteiger partial charge in [-0.25, -0.2) is 4.79 Å². The molecule has 2 amide bonds. The van der Waals surface area contributed by atoms with Gasteiger partial charge in [-0.3, -0.25) is 9.59 Å². The maximum absolute atomic E-state index is 13.3. The average molecular weight is 477 g/mol. The summed E-state index contributed by atoms with van der Waals surface area (Å²) in [7, 11) is 0. The Kier molecular flexibility index (Phi) is 5.61. The van der Waals surface area contributed by atoms with Crippen molar-refractivity contribution in [2.24, 2.45) is 16.7 Å². The van der Waals surface area contributed by atoms with Gasteiger partial charge in [0.2, 0.25) is 5.91 Å². The summed E-state index contributed by atoms with van der Waals surface area (Å²) >= 11 is 0. The van der Waals surface area contributed by atoms with Crippen LogP contribution in [-0.4, -0.2) is 53.7 Å². The molecule has 3 aliphatic rings. The fraction of sp³-hybridized carbons (Fsp3) is 0.464. The summed E-state index contributed by atoms with van der Waals surface area (Å²) in [5.74, 6) is -1.13. The van der Waals surface area contributed by atoms with E-state index in [4.69, 9.17) is 4.74 Å². The van der Waals surface area contributed by atoms with Crippen LogP contribution in [0.4, 0.5) is 4.79 Å². The number of hydrogen-bond donors (Lipinski definition) is 2. The first-order valence-corrected chi connectivity index (χ1v) is 12.2. The first kappa shape index (κ1) is 23.4. The largest absolute Gasteiger partial charge is 0.481 e. The van der Waals surface area contributed by atoms with Crippen LogP contribution in [0.15, 0.2) is 48.5 Å². The molecule has 2 aliphatic carbocycles. The molecule has 0 aromatic heterocycles. The van der Waals surface area contributed by atoms with Gasteiger partial charge in [-0.2, -0.15) is 0 Å². The van der Waals surface area contributed by atoms with Crippen molar-refractivity contribution in [3.63, 3.8) is 0 Å². The Labute approximate surface area is 205 Å². The Morgan fingerprint density at radius 1 is 1.09 bits per heavy atom. The molecular weight excluding hydrogens is 444 g/mol. The number of fused-ring (bicyclic) bond motifs is 4. The number of nitrogens with zero attached hydrogens (tertiary/aromatic N) is 1. The molecule has 2 N–H and O–H groups in total. The van der Waals surface area contributed by atoms with Gasteiger partial charge in [0.1, 0.15) is 12.6 Å². The summed E-state index contributed by atoms with van der Waals surface area (Å²) in [6, 6.07) is 15.5. The van der Waals surface area contributed by atoms with E-state index in [0.29, 0.717) is 19.4 Å². The van der Waals surface area contributed by atoms with Crippen LogP contribution >= 0.6 is 0 Å². The minimum Gasteiger partial charge on any atom is -0.481 e. The van der Waals surface area contributed by atoms with Crippen molar-refractivity contribution in [3.8, 4) is 11.1 Å². The first-order chi connectivity index (χ1) is 16.6. The van der Waals surface area contributed by atoms with E-state index in [1.54, 1.807) is 4.90 Å². The van der Waals surface area contributed by atoms with Gasteiger partial charge < -0.3 is 20.1 Å². The minimum atomic E-state index is -0.838. The summed E-state index contributed by atoms with van der Waals surface area (Å²) in [5, 5.41) is 12.4. The Morgan fingerprint density at radius 3 is 2.23 bits per heavy atom. The average Bonchev–Trinajstić information content (AvgIpc) is 3.24. The van der Waals surface area contributed by atoms with Crippen LogP contribution in [0.2, 0.25) is 0 Å². The Morgan fingerprint density at radius 2 is 1.69 bits per heavy atom. The van der Waals surface area contributed by atoms with Crippen molar-refractivity contribution < 1.29 is 24.2 Å². The normalized spacial score (nSPS) is 23.2. The number of nitrogens with one attached hydrogen (secondary N) is 1. The van der Waals surface area contributed by atoms with Crippen LogP contribution in [-0.2, 0) is 14.3 Å². The van der Waals surface area contributed by atoms with Gasteiger partial charge in [-0.05, 0) is 46.4 Å². The highest BCUT2D eigenvalue weighted by atomic mass is 16.5. The fourth-order valence-corrected chi connectivity index (χ4v) is 5.80. The highest BCUT2D eigenvalue weighted by Crippen LogP contribution is 2.58. The van der Waals surface area contributed by atoms with Crippen molar-refractivity contribution in [1.82, 2.24) is 10.2 Å². The summed E-state index contributed by atoms with van der Waals surface area (Å²) in [5.41, 5.74) is 3.53. The predicted molar refractivity (Wildman–Crippen MR) is 131 cm³/mol. The molecular formula is C28H32N2O5. The number of carboxylic acid groups (broad SMARTS) is 1. The lowest BCUT2D eigenvalue weighted by Gasteiger charge is -2.30. The van der Waals surface area contributed by atoms with Crippen molar-refractivity contribution in [3.05, 3.63) is 59.7 Å². The third kappa shape index (κ3) is 4.28. The number of amides is 2. The second-order valence-corrected chi connectivity index (χ2v) is 11.4. The molecule has 2 fully saturated rings. The van der Waals surface area contributed by atoms with E-state index in [2.05, 4.69) is 29.6 Å². The zero-order valence-electron chi connectivity index (χ0n) is 20.4. The molecule has 2 aromatic carbocycles. The van der Waals surface area contributed by atoms with Crippen LogP contribution in [0.1, 0.15) is 50.7 Å². The van der Waals surface area contributed by atoms with Crippen LogP contribution in [0.3, 0.4) is 0 Å². The van der Waals surface area contributed by atoms with Gasteiger partial charge >= 0.3 is 12.1 Å². The van der Waals surface area contributed by atoms with E-state index in [1.807, 2.05) is 45.0 Å². The highest BCUT2D eigenvalue weighted by Gasteiger charge is 2.66. The summed E-state index contributed by atoms with van der Waals surface area (Å²) in [4.78, 5) is 39.5. The Hall–Kier alpha value is -3.35. The number of ether oxygens (including phenoxy) is 1. The standard InChI is InChI=1S/C28H32N2O5/c1-27(2,3)13-23(24(31)30-14-17-12-28(17,16-30)25(32)33)29-26(34)35-15-22-20-10-6-4-8-18(20)19-9-5-7-11-21(19)22/h4-11,17,22-23H,12-16H2,1-3H3,(H,29,34)(H,32,33). The Bertz CT molecular complexity index is 1140. The molecule has 3 atom stereocenters. The summed E-state index contributed by atoms with van der Waals surface area (Å²) in [6.07, 6.45) is 0.416. The van der Waals surface area contributed by atoms with Crippen molar-refractivity contribution in [1.29, 1.82) is 0 Å². The fourth-order valence-electron chi connectivity index (χ4n) is 5.80. The molecule has 0 spiro atoms. The third-order valence-electron chi connectivity index (χ3n) is 7.63. The molecule has 7 heteroatoms. The molecule has 5 rings (SSSR count). The molecule has 184 valence electrons. The van der Waals surface area contributed by atoms with E-state index in [-0.39, 0.29) is 36.3 Å². The van der Waals surface area contributed by atoms with Crippen LogP contribution in [0.5, 0.6) is 0 Å². The quantitative estimate of drug-likeness (QED) is 0.649. The number of hydrogen-bond acceptors (Lipinski definition) is 4. The number of aliphatic carboxylic acids is 1. The van der Waals surface area contributed by atoms with Gasteiger partial charge in [-0.1, -0.05) is 69.3 Å². The number of rotatable bonds is 6. The van der Waals surface area contributed by atoms with Crippen LogP contribution < -0.4 is 5.32 Å². The van der Waals surface area contributed by atoms with E-state index in [1.165, 1.54) is 0 Å². The molecule has 2 aromatic rings. The number of carbonyl (C=O) groups is 3. The molecule has 1 heterocycles. The molecule has 3 unspecified atom stereocenters. The number of carbonyl (C=O) groups excluding carboxylic acids is 2. The van der Waals surface area contributed by atoms with E-state index >= 15 is 0 Å². The number of benzene rings is 2. The lowest BCUT2D eigenvalue weighted by molar-refractivity contribution is -0.144. The Balaban J connectivity index is 1.26. The van der Waals surface area contributed by atoms with Crippen molar-refractivity contribution in [2.45, 2.75) is 45.6 Å². The van der Waals surface area contributed by atoms with Gasteiger partial charge in [0.25, 0.3) is 0 Å². The van der Waals surface area contributed by atoms with Crippen molar-refractivity contribution >= 4 is 18.0 Å². The number of alkyl carbamates (subject to hydrolysis) is 1. The molecule has 1 saturated heterocycles. The monoisotopic (exact) mass is 476 g/mol. The second kappa shape index (κ2) is 8.40. The van der Waals surface area contributed by atoms with Crippen LogP contribution in [0, 0.1) is 16.7 Å². The first-order valence-electron chi connectivity index (χ1n) is 12.2. The molecule has 1 aliphatic heterocycles. The lowest BCUT2D eigenvalue weighted by Crippen LogP contribution is -2.50. The molecule has 0 bridgehead atoms. The molecule has 1 saturated carbocycles. The topological polar surface area (TPSA) is 95.9 Å². The molecule has 7 nitrogen and oxygen atoms in total. The maximum atomic E-state index is 13.3. The lowest BCUT2D eigenvalue weighted by atomic mass is 9.87. The smallest absolute Gasteiger partial charge is 0.407 e. The SMILES string of the molecule is CC(C)(C)CC(NC(=O)OCC1c2ccccc2-c2ccccc21)C(=O)N1CC2CC2(C(=O)O)C1. The summed E-state index contributed by atoms with van der Waals surface area (Å²) < 4.78 is 5.67. The zero-order chi connectivity index (χ0) is 25.0. The number of piperidine rings is 1. The van der Waals surface area contributed by atoms with Gasteiger partial charge in [0, 0.05) is 19.0 Å². The van der Waals surface area contributed by atoms with Crippen LogP contribution in [0.25, 0.3) is 11.1 Å². The minimum absolute atomic E-state index is 0.00805. The maximum Gasteiger partial charge on any atom is 0.407 e. The highest BCUT2D eigenvalue weighted by molar-refractivity contribution is 5.88. The predicted octanol–water partition coefficient (Wildman–Crippen LogP) is 4.26. The van der Waals surface area contributed by atoms with E-state index < -0.39 is 23.5 Å². The number of carboxylic acids is 1. The second-order valence-electron chi connectivity index (χ2n) is 11.4. The van der Waals surface area contributed by atoms with Gasteiger partial charge in [-0.15, -0.1) is 0 Å². The molecule has 0 radical (unpaired) electrons. The van der Waals surface area contributed by atoms with E-state index in [0.717, 1.165) is 22.3 Å². The summed E-state index contributed by atoms with van der Waals surface area (Å²) in [6.45, 7) is 6.83. The van der Waals surface area contributed by atoms with E-state index in [9.17, 15) is 19.5 Å². The molecule has 35 heavy (non-hydrogen) atoms.